The number of benzene rings is 2. The molecule has 5 rings (SSSR count). The van der Waals surface area contributed by atoms with Crippen LogP contribution < -0.4 is 21.1 Å². The number of ether oxygens (including phenoxy) is 2. The van der Waals surface area contributed by atoms with E-state index in [2.05, 4.69) is 49.8 Å². The Morgan fingerprint density at radius 1 is 1.19 bits per heavy atom. The van der Waals surface area contributed by atoms with Gasteiger partial charge in [0.15, 0.2) is 11.5 Å². The molecule has 2 aromatic carbocycles. The van der Waals surface area contributed by atoms with Crippen molar-refractivity contribution >= 4 is 11.7 Å². The summed E-state index contributed by atoms with van der Waals surface area (Å²) in [5.74, 6) is 0.756. The van der Waals surface area contributed by atoms with E-state index >= 15 is 0 Å². The van der Waals surface area contributed by atoms with Gasteiger partial charge in [-0.2, -0.15) is 0 Å². The summed E-state index contributed by atoms with van der Waals surface area (Å²) in [6, 6.07) is 14.6. The molecule has 37 heavy (non-hydrogen) atoms. The van der Waals surface area contributed by atoms with Crippen LogP contribution in [0.25, 0.3) is 11.3 Å². The molecular formula is C28H34N6O3. The van der Waals surface area contributed by atoms with E-state index in [4.69, 9.17) is 15.2 Å². The number of aromatic nitrogens is 2. The molecule has 0 bridgehead atoms. The zero-order chi connectivity index (χ0) is 25.6. The minimum atomic E-state index is -0.354. The monoisotopic (exact) mass is 502 g/mol. The number of fused-ring (bicyclic) bond motifs is 1. The van der Waals surface area contributed by atoms with Crippen LogP contribution in [-0.2, 0) is 17.7 Å². The lowest BCUT2D eigenvalue weighted by atomic mass is 10.0. The Hall–Kier alpha value is -3.53. The number of hydrogen-bond donors (Lipinski definition) is 3. The zero-order valence-electron chi connectivity index (χ0n) is 21.2. The fourth-order valence-corrected chi connectivity index (χ4v) is 5.05. The molecule has 9 heteroatoms. The minimum absolute atomic E-state index is 0.115. The molecule has 1 saturated heterocycles. The van der Waals surface area contributed by atoms with Gasteiger partial charge in [0.1, 0.15) is 12.4 Å². The highest BCUT2D eigenvalue weighted by Gasteiger charge is 2.25. The van der Waals surface area contributed by atoms with Crippen molar-refractivity contribution in [1.29, 1.82) is 0 Å². The highest BCUT2D eigenvalue weighted by Crippen LogP contribution is 2.37. The van der Waals surface area contributed by atoms with Crippen LogP contribution in [0, 0.1) is 0 Å². The number of morpholine rings is 1. The van der Waals surface area contributed by atoms with Gasteiger partial charge in [-0.15, -0.1) is 0 Å². The zero-order valence-corrected chi connectivity index (χ0v) is 21.2. The van der Waals surface area contributed by atoms with E-state index in [1.54, 1.807) is 13.2 Å². The average molecular weight is 503 g/mol. The Labute approximate surface area is 217 Å². The molecule has 1 aliphatic heterocycles. The Morgan fingerprint density at radius 3 is 2.86 bits per heavy atom. The minimum Gasteiger partial charge on any atom is -0.492 e. The second-order valence-electron chi connectivity index (χ2n) is 9.32. The number of nitrogens with two attached hydrogens (primary N) is 1. The largest absolute Gasteiger partial charge is 0.492 e. The summed E-state index contributed by atoms with van der Waals surface area (Å²) in [6.45, 7) is 5.81. The van der Waals surface area contributed by atoms with Crippen molar-refractivity contribution in [2.24, 2.45) is 0 Å². The quantitative estimate of drug-likeness (QED) is 0.409. The molecule has 3 aromatic rings. The van der Waals surface area contributed by atoms with Crippen LogP contribution >= 0.6 is 0 Å². The summed E-state index contributed by atoms with van der Waals surface area (Å²) in [7, 11) is 1.55. The van der Waals surface area contributed by atoms with E-state index in [1.165, 1.54) is 11.1 Å². The average Bonchev–Trinajstić information content (AvgIpc) is 3.36. The predicted octanol–water partition coefficient (Wildman–Crippen LogP) is 2.57. The van der Waals surface area contributed by atoms with Gasteiger partial charge in [0.2, 0.25) is 0 Å². The van der Waals surface area contributed by atoms with Crippen molar-refractivity contribution in [3.63, 3.8) is 0 Å². The van der Waals surface area contributed by atoms with Crippen LogP contribution in [0.5, 0.6) is 5.75 Å². The molecule has 1 atom stereocenters. The molecule has 1 amide bonds. The number of nitrogens with one attached hydrogen (secondary N) is 2. The van der Waals surface area contributed by atoms with Crippen molar-refractivity contribution < 1.29 is 14.3 Å². The van der Waals surface area contributed by atoms with Crippen molar-refractivity contribution in [2.45, 2.75) is 25.4 Å². The van der Waals surface area contributed by atoms with Gasteiger partial charge in [0, 0.05) is 44.8 Å². The number of nitrogens with zero attached hydrogens (tertiary/aromatic N) is 3. The van der Waals surface area contributed by atoms with Crippen LogP contribution in [0.4, 0.5) is 5.82 Å². The molecule has 1 fully saturated rings. The number of amides is 1. The Morgan fingerprint density at radius 2 is 2.03 bits per heavy atom. The molecule has 0 radical (unpaired) electrons. The summed E-state index contributed by atoms with van der Waals surface area (Å²) in [6.07, 6.45) is 3.62. The first-order valence-electron chi connectivity index (χ1n) is 12.8. The molecule has 2 aliphatic rings. The van der Waals surface area contributed by atoms with Crippen LogP contribution in [0.15, 0.2) is 48.7 Å². The Bertz CT molecular complexity index is 1240. The number of carbonyl (C=O) groups is 1. The molecular weight excluding hydrogens is 468 g/mol. The van der Waals surface area contributed by atoms with E-state index in [1.807, 2.05) is 18.2 Å². The third kappa shape index (κ3) is 5.74. The van der Waals surface area contributed by atoms with Gasteiger partial charge in [0.05, 0.1) is 25.1 Å². The molecule has 2 heterocycles. The lowest BCUT2D eigenvalue weighted by Crippen LogP contribution is -2.38. The van der Waals surface area contributed by atoms with Crippen molar-refractivity contribution in [1.82, 2.24) is 25.5 Å². The van der Waals surface area contributed by atoms with E-state index in [-0.39, 0.29) is 23.5 Å². The standard InChI is InChI=1S/C28H34N6O3/c1-30-28(35)26-27(29)32-18-24(33-26)20-6-3-2-5-19(20)17-31-23-10-9-22-21(23)7-4-8-25(22)37-16-13-34-11-14-36-15-12-34/h2-8,18,23,31H,9-17H2,1H3,(H2,29,32)(H,30,35). The smallest absolute Gasteiger partial charge is 0.273 e. The number of nitrogen functional groups attached to an aromatic ring is 1. The summed E-state index contributed by atoms with van der Waals surface area (Å²) in [5.41, 5.74) is 11.2. The van der Waals surface area contributed by atoms with Crippen molar-refractivity contribution in [3.8, 4) is 17.0 Å². The van der Waals surface area contributed by atoms with Gasteiger partial charge in [-0.05, 0) is 35.6 Å². The van der Waals surface area contributed by atoms with Crippen molar-refractivity contribution in [3.05, 3.63) is 71.0 Å². The highest BCUT2D eigenvalue weighted by atomic mass is 16.5. The number of rotatable bonds is 9. The molecule has 1 unspecified atom stereocenters. The van der Waals surface area contributed by atoms with E-state index in [0.717, 1.165) is 62.6 Å². The van der Waals surface area contributed by atoms with Crippen LogP contribution in [0.1, 0.15) is 39.6 Å². The lowest BCUT2D eigenvalue weighted by Gasteiger charge is -2.26. The van der Waals surface area contributed by atoms with E-state index in [0.29, 0.717) is 18.8 Å². The molecule has 194 valence electrons. The van der Waals surface area contributed by atoms with Gasteiger partial charge in [-0.25, -0.2) is 9.97 Å². The van der Waals surface area contributed by atoms with Crippen molar-refractivity contribution in [2.75, 3.05) is 52.2 Å². The maximum atomic E-state index is 12.2. The summed E-state index contributed by atoms with van der Waals surface area (Å²) in [5, 5.41) is 6.30. The fourth-order valence-electron chi connectivity index (χ4n) is 5.05. The number of anilines is 1. The van der Waals surface area contributed by atoms with Gasteiger partial charge in [-0.3, -0.25) is 9.69 Å². The summed E-state index contributed by atoms with van der Waals surface area (Å²) in [4.78, 5) is 23.3. The second kappa shape index (κ2) is 11.7. The topological polar surface area (TPSA) is 115 Å². The number of hydrogen-bond acceptors (Lipinski definition) is 8. The molecule has 0 spiro atoms. The highest BCUT2D eigenvalue weighted by molar-refractivity contribution is 5.96. The Kier molecular flexibility index (Phi) is 7.93. The molecule has 9 nitrogen and oxygen atoms in total. The van der Waals surface area contributed by atoms with E-state index < -0.39 is 0 Å². The SMILES string of the molecule is CNC(=O)c1nc(-c2ccccc2CNC2CCc3c(OCCN4CCOCC4)cccc32)cnc1N. The number of carbonyl (C=O) groups excluding carboxylic acids is 1. The third-order valence-electron chi connectivity index (χ3n) is 7.07. The summed E-state index contributed by atoms with van der Waals surface area (Å²) < 4.78 is 11.7. The third-order valence-corrected chi connectivity index (χ3v) is 7.07. The predicted molar refractivity (Wildman–Crippen MR) is 142 cm³/mol. The molecule has 0 saturated carbocycles. The first-order chi connectivity index (χ1) is 18.1. The van der Waals surface area contributed by atoms with Gasteiger partial charge < -0.3 is 25.8 Å². The Balaban J connectivity index is 1.26. The molecule has 4 N–H and O–H groups in total. The first-order valence-corrected chi connectivity index (χ1v) is 12.8. The fraction of sp³-hybridized carbons (Fsp3) is 0.393. The lowest BCUT2D eigenvalue weighted by molar-refractivity contribution is 0.0322. The molecule has 1 aliphatic carbocycles. The van der Waals surface area contributed by atoms with Crippen LogP contribution in [0.3, 0.4) is 0 Å². The van der Waals surface area contributed by atoms with Crippen LogP contribution in [0.2, 0.25) is 0 Å². The second-order valence-corrected chi connectivity index (χ2v) is 9.32. The van der Waals surface area contributed by atoms with Gasteiger partial charge >= 0.3 is 0 Å². The normalized spacial score (nSPS) is 17.4. The van der Waals surface area contributed by atoms with E-state index in [9.17, 15) is 4.79 Å². The van der Waals surface area contributed by atoms with Crippen LogP contribution in [-0.4, -0.2) is 67.3 Å². The first kappa shape index (κ1) is 25.1. The van der Waals surface area contributed by atoms with Gasteiger partial charge in [0.25, 0.3) is 5.91 Å². The van der Waals surface area contributed by atoms with Gasteiger partial charge in [-0.1, -0.05) is 36.4 Å². The maximum Gasteiger partial charge on any atom is 0.273 e. The maximum absolute atomic E-state index is 12.2. The summed E-state index contributed by atoms with van der Waals surface area (Å²) >= 11 is 0. The molecule has 1 aromatic heterocycles.